The molecule has 0 amide bonds. The monoisotopic (exact) mass is 384 g/mol. The van der Waals surface area contributed by atoms with E-state index in [1.165, 1.54) is 17.5 Å². The summed E-state index contributed by atoms with van der Waals surface area (Å²) in [7, 11) is 0. The number of nitrogens with one attached hydrogen (secondary N) is 1. The van der Waals surface area contributed by atoms with Gasteiger partial charge in [0, 0.05) is 12.1 Å². The number of benzene rings is 2. The second-order valence-corrected chi connectivity index (χ2v) is 7.57. The van der Waals surface area contributed by atoms with Crippen LogP contribution in [0, 0.1) is 0 Å². The lowest BCUT2D eigenvalue weighted by atomic mass is 10.1. The molecule has 0 fully saturated rings. The molecule has 2 aliphatic rings. The molecule has 3 N–H and O–H groups in total. The highest BCUT2D eigenvalue weighted by Gasteiger charge is 2.27. The van der Waals surface area contributed by atoms with E-state index in [2.05, 4.69) is 45.6 Å². The second-order valence-electron chi connectivity index (χ2n) is 7.57. The molecule has 7 nitrogen and oxygen atoms in total. The number of fused-ring (bicyclic) bond motifs is 3. The maximum Gasteiger partial charge on any atom is 0.164 e. The predicted molar refractivity (Wildman–Crippen MR) is 112 cm³/mol. The fourth-order valence-corrected chi connectivity index (χ4v) is 4.45. The van der Waals surface area contributed by atoms with E-state index in [0.717, 1.165) is 53.1 Å². The van der Waals surface area contributed by atoms with Gasteiger partial charge < -0.3 is 15.8 Å². The van der Waals surface area contributed by atoms with Crippen LogP contribution < -0.4 is 15.8 Å². The summed E-state index contributed by atoms with van der Waals surface area (Å²) in [6.07, 6.45) is 3.40. The van der Waals surface area contributed by atoms with Crippen molar-refractivity contribution in [1.82, 2.24) is 19.7 Å². The van der Waals surface area contributed by atoms with Crippen molar-refractivity contribution in [3.63, 3.8) is 0 Å². The number of aromatic nitrogens is 4. The number of nitrogen functional groups attached to an aromatic ring is 1. The van der Waals surface area contributed by atoms with Gasteiger partial charge in [0.2, 0.25) is 0 Å². The molecule has 0 saturated heterocycles. The Morgan fingerprint density at radius 3 is 2.72 bits per heavy atom. The number of nitrogens with two attached hydrogens (primary N) is 1. The van der Waals surface area contributed by atoms with E-state index in [0.29, 0.717) is 12.4 Å². The first-order chi connectivity index (χ1) is 14.3. The van der Waals surface area contributed by atoms with Crippen LogP contribution in [0.5, 0.6) is 5.75 Å². The fraction of sp³-hybridized carbons (Fsp3) is 0.227. The second kappa shape index (κ2) is 6.20. The van der Waals surface area contributed by atoms with Gasteiger partial charge in [0.1, 0.15) is 30.2 Å². The van der Waals surface area contributed by atoms with Crippen molar-refractivity contribution < 1.29 is 4.74 Å². The van der Waals surface area contributed by atoms with Gasteiger partial charge in [-0.2, -0.15) is 5.10 Å². The Kier molecular flexibility index (Phi) is 3.50. The van der Waals surface area contributed by atoms with Crippen molar-refractivity contribution in [2.45, 2.75) is 18.9 Å². The van der Waals surface area contributed by atoms with Gasteiger partial charge in [-0.05, 0) is 42.2 Å². The zero-order chi connectivity index (χ0) is 19.4. The maximum absolute atomic E-state index is 6.28. The van der Waals surface area contributed by atoms with Gasteiger partial charge in [-0.3, -0.25) is 0 Å². The molecule has 144 valence electrons. The first-order valence-electron chi connectivity index (χ1n) is 9.84. The quantitative estimate of drug-likeness (QED) is 0.551. The average molecular weight is 384 g/mol. The van der Waals surface area contributed by atoms with Crippen LogP contribution in [0.1, 0.15) is 17.2 Å². The minimum Gasteiger partial charge on any atom is -0.490 e. The number of hydrogen-bond acceptors (Lipinski definition) is 6. The van der Waals surface area contributed by atoms with E-state index in [1.807, 2.05) is 16.8 Å². The lowest BCUT2D eigenvalue weighted by Crippen LogP contribution is -2.17. The summed E-state index contributed by atoms with van der Waals surface area (Å²) in [6.45, 7) is 1.46. The van der Waals surface area contributed by atoms with Crippen molar-refractivity contribution in [3.05, 3.63) is 59.9 Å². The van der Waals surface area contributed by atoms with Crippen molar-refractivity contribution in [2.75, 3.05) is 24.2 Å². The summed E-state index contributed by atoms with van der Waals surface area (Å²) in [5.41, 5.74) is 12.6. The van der Waals surface area contributed by atoms with Gasteiger partial charge in [-0.25, -0.2) is 14.6 Å². The van der Waals surface area contributed by atoms with Gasteiger partial charge in [0.25, 0.3) is 0 Å². The first kappa shape index (κ1) is 16.4. The van der Waals surface area contributed by atoms with Crippen LogP contribution in [0.15, 0.2) is 48.8 Å². The molecule has 4 aromatic rings. The van der Waals surface area contributed by atoms with Crippen molar-refractivity contribution in [1.29, 1.82) is 0 Å². The fourth-order valence-electron chi connectivity index (χ4n) is 4.45. The number of rotatable bonds is 2. The van der Waals surface area contributed by atoms with E-state index < -0.39 is 0 Å². The number of hydrogen-bond donors (Lipinski definition) is 2. The lowest BCUT2D eigenvalue weighted by molar-refractivity contribution is 0.323. The van der Waals surface area contributed by atoms with E-state index in [4.69, 9.17) is 15.6 Å². The van der Waals surface area contributed by atoms with Crippen molar-refractivity contribution >= 4 is 22.5 Å². The topological polar surface area (TPSA) is 90.9 Å². The lowest BCUT2D eigenvalue weighted by Gasteiger charge is -2.19. The van der Waals surface area contributed by atoms with Gasteiger partial charge in [0.05, 0.1) is 17.1 Å². The molecule has 0 atom stereocenters. The summed E-state index contributed by atoms with van der Waals surface area (Å²) in [5.74, 6) is 1.31. The molecule has 0 bridgehead atoms. The molecule has 1 aliphatic heterocycles. The molecule has 2 aromatic heterocycles. The summed E-state index contributed by atoms with van der Waals surface area (Å²) in [4.78, 5) is 8.79. The summed E-state index contributed by atoms with van der Waals surface area (Å²) in [6, 6.07) is 14.9. The Balaban J connectivity index is 1.50. The zero-order valence-electron chi connectivity index (χ0n) is 15.8. The maximum atomic E-state index is 6.28. The molecule has 0 spiro atoms. The van der Waals surface area contributed by atoms with Crippen molar-refractivity contribution in [3.8, 4) is 17.0 Å². The molecule has 3 heterocycles. The normalized spacial score (nSPS) is 15.6. The van der Waals surface area contributed by atoms with Gasteiger partial charge in [-0.1, -0.05) is 24.3 Å². The van der Waals surface area contributed by atoms with Crippen LogP contribution in [0.25, 0.3) is 22.3 Å². The molecule has 2 aromatic carbocycles. The third-order valence-corrected chi connectivity index (χ3v) is 5.82. The summed E-state index contributed by atoms with van der Waals surface area (Å²) >= 11 is 0. The Morgan fingerprint density at radius 2 is 1.90 bits per heavy atom. The number of anilines is 2. The van der Waals surface area contributed by atoms with Crippen LogP contribution in [-0.4, -0.2) is 32.9 Å². The first-order valence-corrected chi connectivity index (χ1v) is 9.84. The smallest absolute Gasteiger partial charge is 0.164 e. The standard InChI is InChI=1S/C22H20N6O/c23-21-19-20(15-5-6-18-17(11-15)24-7-8-29-18)27-28(22(19)26-12-25-21)16-9-13-3-1-2-4-14(13)10-16/h1-6,11-12,16,24H,7-10H2,(H2,23,25,26). The Bertz CT molecular complexity index is 1220. The molecular formula is C22H20N6O. The Labute approximate surface area is 167 Å². The molecule has 0 radical (unpaired) electrons. The van der Waals surface area contributed by atoms with E-state index in [-0.39, 0.29) is 6.04 Å². The Hall–Kier alpha value is -3.61. The largest absolute Gasteiger partial charge is 0.490 e. The molecular weight excluding hydrogens is 364 g/mol. The van der Waals surface area contributed by atoms with E-state index in [9.17, 15) is 0 Å². The molecule has 7 heteroatoms. The number of ether oxygens (including phenoxy) is 1. The molecule has 1 aliphatic carbocycles. The molecule has 0 unspecified atom stereocenters. The highest BCUT2D eigenvalue weighted by molar-refractivity contribution is 5.98. The predicted octanol–water partition coefficient (Wildman–Crippen LogP) is 3.22. The molecule has 6 rings (SSSR count). The van der Waals surface area contributed by atoms with E-state index >= 15 is 0 Å². The third kappa shape index (κ3) is 2.54. The van der Waals surface area contributed by atoms with Crippen LogP contribution >= 0.6 is 0 Å². The van der Waals surface area contributed by atoms with Crippen molar-refractivity contribution in [2.24, 2.45) is 0 Å². The van der Waals surface area contributed by atoms with Crippen LogP contribution in [0.2, 0.25) is 0 Å². The van der Waals surface area contributed by atoms with E-state index in [1.54, 1.807) is 0 Å². The highest BCUT2D eigenvalue weighted by atomic mass is 16.5. The minimum atomic E-state index is 0.219. The van der Waals surface area contributed by atoms with Gasteiger partial charge in [-0.15, -0.1) is 0 Å². The van der Waals surface area contributed by atoms with Gasteiger partial charge >= 0.3 is 0 Å². The summed E-state index contributed by atoms with van der Waals surface area (Å²) in [5, 5.41) is 9.19. The Morgan fingerprint density at radius 1 is 1.07 bits per heavy atom. The summed E-state index contributed by atoms with van der Waals surface area (Å²) < 4.78 is 7.74. The third-order valence-electron chi connectivity index (χ3n) is 5.82. The average Bonchev–Trinajstić information content (AvgIpc) is 3.35. The van der Waals surface area contributed by atoms with Crippen LogP contribution in [0.4, 0.5) is 11.5 Å². The SMILES string of the molecule is Nc1ncnc2c1c(-c1ccc3c(c1)NCCO3)nn2C1Cc2ccccc2C1. The number of nitrogens with zero attached hydrogens (tertiary/aromatic N) is 4. The van der Waals surface area contributed by atoms with Crippen LogP contribution in [-0.2, 0) is 12.8 Å². The van der Waals surface area contributed by atoms with Crippen LogP contribution in [0.3, 0.4) is 0 Å². The van der Waals surface area contributed by atoms with Gasteiger partial charge in [0.15, 0.2) is 5.65 Å². The minimum absolute atomic E-state index is 0.219. The highest BCUT2D eigenvalue weighted by Crippen LogP contribution is 2.38. The zero-order valence-corrected chi connectivity index (χ0v) is 15.8. The molecule has 29 heavy (non-hydrogen) atoms. The molecule has 0 saturated carbocycles.